The van der Waals surface area contributed by atoms with E-state index in [-0.39, 0.29) is 17.9 Å². The Kier molecular flexibility index (Phi) is 3.76. The fourth-order valence-corrected chi connectivity index (χ4v) is 3.13. The number of aliphatic hydroxyl groups is 1. The molecule has 0 saturated carbocycles. The van der Waals surface area contributed by atoms with Crippen LogP contribution in [0.25, 0.3) is 0 Å². The minimum absolute atomic E-state index is 0.0385. The molecule has 0 radical (unpaired) electrons. The maximum Gasteiger partial charge on any atom is 0.256 e. The molecule has 1 amide bonds. The largest absolute Gasteiger partial charge is 0.388 e. The van der Waals surface area contributed by atoms with Gasteiger partial charge in [-0.05, 0) is 31.2 Å². The lowest BCUT2D eigenvalue weighted by atomic mass is 10.0. The lowest BCUT2D eigenvalue weighted by Crippen LogP contribution is -2.41. The van der Waals surface area contributed by atoms with Crippen LogP contribution in [0.5, 0.6) is 0 Å². The van der Waals surface area contributed by atoms with Crippen molar-refractivity contribution in [1.82, 2.24) is 0 Å². The molecule has 3 atom stereocenters. The highest BCUT2D eigenvalue weighted by Crippen LogP contribution is 2.34. The lowest BCUT2D eigenvalue weighted by Gasteiger charge is -2.27. The van der Waals surface area contributed by atoms with Gasteiger partial charge in [-0.2, -0.15) is 0 Å². The number of fused-ring (bicyclic) bond motifs is 1. The summed E-state index contributed by atoms with van der Waals surface area (Å²) in [5.74, 6) is 0.305. The first kappa shape index (κ1) is 13.6. The first-order chi connectivity index (χ1) is 9.68. The fourth-order valence-electron chi connectivity index (χ4n) is 3.13. The van der Waals surface area contributed by atoms with E-state index in [4.69, 9.17) is 4.74 Å². The van der Waals surface area contributed by atoms with Crippen LogP contribution < -0.4 is 4.90 Å². The molecular formula is C16H21NO3. The number of aliphatic hydroxyl groups excluding tert-OH is 1. The predicted molar refractivity (Wildman–Crippen MR) is 76.5 cm³/mol. The topological polar surface area (TPSA) is 49.8 Å². The van der Waals surface area contributed by atoms with Gasteiger partial charge in [-0.25, -0.2) is 0 Å². The number of hydrogen-bond donors (Lipinski definition) is 1. The second kappa shape index (κ2) is 5.54. The summed E-state index contributed by atoms with van der Waals surface area (Å²) in [6, 6.07) is 7.65. The van der Waals surface area contributed by atoms with Crippen molar-refractivity contribution in [3.63, 3.8) is 0 Å². The van der Waals surface area contributed by atoms with Gasteiger partial charge in [0.25, 0.3) is 5.91 Å². The maximum absolute atomic E-state index is 12.8. The molecule has 1 aromatic carbocycles. The van der Waals surface area contributed by atoms with Gasteiger partial charge in [0.05, 0.1) is 6.10 Å². The molecule has 2 aliphatic heterocycles. The average molecular weight is 275 g/mol. The van der Waals surface area contributed by atoms with E-state index in [1.807, 2.05) is 24.3 Å². The van der Waals surface area contributed by atoms with Crippen LogP contribution in [-0.2, 0) is 9.53 Å². The van der Waals surface area contributed by atoms with E-state index < -0.39 is 6.10 Å². The summed E-state index contributed by atoms with van der Waals surface area (Å²) in [7, 11) is 0. The minimum atomic E-state index is -0.481. The number of para-hydroxylation sites is 1. The van der Waals surface area contributed by atoms with Crippen molar-refractivity contribution >= 4 is 11.6 Å². The van der Waals surface area contributed by atoms with Crippen LogP contribution in [0, 0.1) is 5.92 Å². The van der Waals surface area contributed by atoms with Crippen LogP contribution >= 0.6 is 0 Å². The van der Waals surface area contributed by atoms with Crippen molar-refractivity contribution in [2.24, 2.45) is 5.92 Å². The molecular weight excluding hydrogens is 254 g/mol. The van der Waals surface area contributed by atoms with Crippen LogP contribution in [0.2, 0.25) is 0 Å². The Morgan fingerprint density at radius 2 is 2.15 bits per heavy atom. The Morgan fingerprint density at radius 1 is 1.35 bits per heavy atom. The molecule has 1 fully saturated rings. The molecule has 1 saturated heterocycles. The van der Waals surface area contributed by atoms with E-state index in [2.05, 4.69) is 6.92 Å². The minimum Gasteiger partial charge on any atom is -0.388 e. The molecule has 3 rings (SSSR count). The Bertz CT molecular complexity index is 502. The number of rotatable bonds is 1. The van der Waals surface area contributed by atoms with E-state index >= 15 is 0 Å². The van der Waals surface area contributed by atoms with Crippen molar-refractivity contribution in [1.29, 1.82) is 0 Å². The highest BCUT2D eigenvalue weighted by atomic mass is 16.5. The third-order valence-corrected chi connectivity index (χ3v) is 4.34. The zero-order valence-electron chi connectivity index (χ0n) is 11.8. The molecule has 108 valence electrons. The summed E-state index contributed by atoms with van der Waals surface area (Å²) < 4.78 is 5.61. The highest BCUT2D eigenvalue weighted by molar-refractivity contribution is 5.97. The Labute approximate surface area is 119 Å². The smallest absolute Gasteiger partial charge is 0.256 e. The summed E-state index contributed by atoms with van der Waals surface area (Å²) in [6.45, 7) is 3.38. The molecule has 0 bridgehead atoms. The molecule has 3 unspecified atom stereocenters. The van der Waals surface area contributed by atoms with Crippen molar-refractivity contribution in [3.05, 3.63) is 29.8 Å². The SMILES string of the molecule is CC1CCOC1C(=O)N1CCCC(O)c2ccccc21. The van der Waals surface area contributed by atoms with Gasteiger partial charge in [0.2, 0.25) is 0 Å². The quantitative estimate of drug-likeness (QED) is 0.855. The van der Waals surface area contributed by atoms with Crippen molar-refractivity contribution < 1.29 is 14.6 Å². The van der Waals surface area contributed by atoms with Gasteiger partial charge >= 0.3 is 0 Å². The fraction of sp³-hybridized carbons (Fsp3) is 0.562. The Balaban J connectivity index is 1.93. The van der Waals surface area contributed by atoms with Gasteiger partial charge < -0.3 is 14.7 Å². The predicted octanol–water partition coefficient (Wildman–Crippen LogP) is 2.27. The van der Waals surface area contributed by atoms with Gasteiger partial charge in [0.1, 0.15) is 6.10 Å². The van der Waals surface area contributed by atoms with Crippen molar-refractivity contribution in [3.8, 4) is 0 Å². The number of amides is 1. The molecule has 0 spiro atoms. The van der Waals surface area contributed by atoms with E-state index in [9.17, 15) is 9.90 Å². The Morgan fingerprint density at radius 3 is 2.90 bits per heavy atom. The second-order valence-corrected chi connectivity index (χ2v) is 5.76. The molecule has 0 aliphatic carbocycles. The average Bonchev–Trinajstić information content (AvgIpc) is 2.81. The number of anilines is 1. The first-order valence-electron chi connectivity index (χ1n) is 7.38. The third kappa shape index (κ3) is 2.34. The molecule has 2 aliphatic rings. The normalized spacial score (nSPS) is 29.9. The molecule has 1 aromatic rings. The molecule has 4 nitrogen and oxygen atoms in total. The van der Waals surface area contributed by atoms with Crippen LogP contribution in [0.4, 0.5) is 5.69 Å². The summed E-state index contributed by atoms with van der Waals surface area (Å²) in [5.41, 5.74) is 1.69. The summed E-state index contributed by atoms with van der Waals surface area (Å²) in [4.78, 5) is 14.6. The molecule has 4 heteroatoms. The van der Waals surface area contributed by atoms with Gasteiger partial charge in [0.15, 0.2) is 0 Å². The number of carbonyl (C=O) groups is 1. The summed E-state index contributed by atoms with van der Waals surface area (Å²) in [6.07, 6.45) is 1.63. The summed E-state index contributed by atoms with van der Waals surface area (Å²) in [5, 5.41) is 10.2. The van der Waals surface area contributed by atoms with Gasteiger partial charge in [0, 0.05) is 24.4 Å². The van der Waals surface area contributed by atoms with Crippen molar-refractivity contribution in [2.45, 2.75) is 38.4 Å². The van der Waals surface area contributed by atoms with E-state index in [1.54, 1.807) is 4.90 Å². The number of carbonyl (C=O) groups excluding carboxylic acids is 1. The van der Waals surface area contributed by atoms with E-state index in [0.717, 1.165) is 24.1 Å². The third-order valence-electron chi connectivity index (χ3n) is 4.34. The number of hydrogen-bond acceptors (Lipinski definition) is 3. The molecule has 20 heavy (non-hydrogen) atoms. The van der Waals surface area contributed by atoms with E-state index in [0.29, 0.717) is 19.6 Å². The summed E-state index contributed by atoms with van der Waals surface area (Å²) >= 11 is 0. The zero-order valence-corrected chi connectivity index (χ0v) is 11.8. The Hall–Kier alpha value is -1.39. The van der Waals surface area contributed by atoms with Crippen LogP contribution in [0.1, 0.15) is 37.9 Å². The standard InChI is InChI=1S/C16H21NO3/c1-11-8-10-20-15(11)16(19)17-9-4-7-14(18)12-5-2-3-6-13(12)17/h2-3,5-6,11,14-15,18H,4,7-10H2,1H3. The van der Waals surface area contributed by atoms with E-state index in [1.165, 1.54) is 0 Å². The highest BCUT2D eigenvalue weighted by Gasteiger charge is 2.36. The maximum atomic E-state index is 12.8. The van der Waals surface area contributed by atoms with Crippen LogP contribution in [-0.4, -0.2) is 30.3 Å². The van der Waals surface area contributed by atoms with Crippen LogP contribution in [0.15, 0.2) is 24.3 Å². The molecule has 1 N–H and O–H groups in total. The van der Waals surface area contributed by atoms with Crippen molar-refractivity contribution in [2.75, 3.05) is 18.1 Å². The molecule has 0 aromatic heterocycles. The monoisotopic (exact) mass is 275 g/mol. The number of ether oxygens (including phenoxy) is 1. The second-order valence-electron chi connectivity index (χ2n) is 5.76. The first-order valence-corrected chi connectivity index (χ1v) is 7.38. The lowest BCUT2D eigenvalue weighted by molar-refractivity contribution is -0.128. The number of benzene rings is 1. The number of nitrogens with zero attached hydrogens (tertiary/aromatic N) is 1. The van der Waals surface area contributed by atoms with Gasteiger partial charge in [-0.3, -0.25) is 4.79 Å². The van der Waals surface area contributed by atoms with Gasteiger partial charge in [-0.15, -0.1) is 0 Å². The van der Waals surface area contributed by atoms with Gasteiger partial charge in [-0.1, -0.05) is 25.1 Å². The zero-order chi connectivity index (χ0) is 14.1. The molecule has 2 heterocycles. The van der Waals surface area contributed by atoms with Crippen LogP contribution in [0.3, 0.4) is 0 Å².